The number of benzene rings is 1. The summed E-state index contributed by atoms with van der Waals surface area (Å²) in [6.07, 6.45) is 4.62. The molecule has 0 bridgehead atoms. The van der Waals surface area contributed by atoms with Crippen molar-refractivity contribution in [1.82, 2.24) is 4.90 Å². The highest BCUT2D eigenvalue weighted by Crippen LogP contribution is 2.43. The second kappa shape index (κ2) is 10.7. The van der Waals surface area contributed by atoms with Crippen LogP contribution in [0.4, 0.5) is 0 Å². The lowest BCUT2D eigenvalue weighted by atomic mass is 9.90. The lowest BCUT2D eigenvalue weighted by Crippen LogP contribution is -2.32. The van der Waals surface area contributed by atoms with Crippen LogP contribution < -0.4 is 4.74 Å². The standard InChI is InChI=1S/C23H27NO3S2.ClH/c1-26-21(25)14-16-3-4-20-19(13-16)22(23-18(15-27-20)7-11-29-23)17-5-8-24(9-6-17)10-12-28-2;/h3-4,7,11,13H,5-6,8-10,12,14-15H2,1-2H3;1H. The summed E-state index contributed by atoms with van der Waals surface area (Å²) in [6, 6.07) is 8.29. The van der Waals surface area contributed by atoms with Crippen LogP contribution in [0.1, 0.15) is 34.4 Å². The molecular weight excluding hydrogens is 438 g/mol. The molecule has 162 valence electrons. The highest BCUT2D eigenvalue weighted by molar-refractivity contribution is 7.98. The van der Waals surface area contributed by atoms with E-state index in [0.717, 1.165) is 49.4 Å². The van der Waals surface area contributed by atoms with E-state index in [9.17, 15) is 4.79 Å². The van der Waals surface area contributed by atoms with E-state index in [0.29, 0.717) is 6.61 Å². The molecule has 0 unspecified atom stereocenters. The summed E-state index contributed by atoms with van der Waals surface area (Å²) in [7, 11) is 1.44. The number of fused-ring (bicyclic) bond motifs is 2. The van der Waals surface area contributed by atoms with Crippen molar-refractivity contribution in [3.63, 3.8) is 0 Å². The van der Waals surface area contributed by atoms with Crippen molar-refractivity contribution in [1.29, 1.82) is 0 Å². The number of halogens is 1. The maximum absolute atomic E-state index is 11.8. The molecule has 0 atom stereocenters. The Morgan fingerprint density at radius 2 is 2.07 bits per heavy atom. The van der Waals surface area contributed by atoms with Gasteiger partial charge in [-0.25, -0.2) is 0 Å². The van der Waals surface area contributed by atoms with Crippen molar-refractivity contribution in [2.75, 3.05) is 38.8 Å². The summed E-state index contributed by atoms with van der Waals surface area (Å²) in [6.45, 7) is 3.98. The van der Waals surface area contributed by atoms with Gasteiger partial charge in [0.05, 0.1) is 13.5 Å². The van der Waals surface area contributed by atoms with E-state index in [2.05, 4.69) is 28.7 Å². The first-order chi connectivity index (χ1) is 14.2. The van der Waals surface area contributed by atoms with Gasteiger partial charge in [-0.15, -0.1) is 23.7 Å². The molecule has 1 aromatic carbocycles. The summed E-state index contributed by atoms with van der Waals surface area (Å²) < 4.78 is 11.0. The van der Waals surface area contributed by atoms with Crippen LogP contribution in [-0.2, 0) is 22.6 Å². The van der Waals surface area contributed by atoms with E-state index in [1.54, 1.807) is 11.3 Å². The van der Waals surface area contributed by atoms with Gasteiger partial charge in [0.15, 0.2) is 0 Å². The van der Waals surface area contributed by atoms with Crippen LogP contribution in [-0.4, -0.2) is 49.6 Å². The maximum Gasteiger partial charge on any atom is 0.309 e. The van der Waals surface area contributed by atoms with E-state index in [1.165, 1.54) is 34.4 Å². The van der Waals surface area contributed by atoms with Crippen LogP contribution in [0.25, 0.3) is 5.57 Å². The highest BCUT2D eigenvalue weighted by atomic mass is 35.5. The predicted molar refractivity (Wildman–Crippen MR) is 128 cm³/mol. The molecule has 0 radical (unpaired) electrons. The smallest absolute Gasteiger partial charge is 0.309 e. The van der Waals surface area contributed by atoms with Gasteiger partial charge in [0.1, 0.15) is 12.4 Å². The summed E-state index contributed by atoms with van der Waals surface area (Å²) >= 11 is 3.71. The second-order valence-corrected chi connectivity index (χ2v) is 9.36. The lowest BCUT2D eigenvalue weighted by Gasteiger charge is -2.29. The number of hydrogen-bond donors (Lipinski definition) is 0. The molecule has 1 fully saturated rings. The van der Waals surface area contributed by atoms with Crippen molar-refractivity contribution in [2.24, 2.45) is 0 Å². The van der Waals surface area contributed by atoms with Gasteiger partial charge in [0.2, 0.25) is 0 Å². The number of rotatable bonds is 5. The third kappa shape index (κ3) is 5.05. The molecule has 0 amide bonds. The summed E-state index contributed by atoms with van der Waals surface area (Å²) in [5.74, 6) is 1.89. The molecule has 1 saturated heterocycles. The van der Waals surface area contributed by atoms with Crippen LogP contribution in [0.2, 0.25) is 0 Å². The van der Waals surface area contributed by atoms with Crippen LogP contribution in [0, 0.1) is 0 Å². The Hall–Kier alpha value is -1.47. The number of carbonyl (C=O) groups excluding carboxylic acids is 1. The van der Waals surface area contributed by atoms with Gasteiger partial charge in [0.25, 0.3) is 0 Å². The van der Waals surface area contributed by atoms with Crippen LogP contribution in [0.15, 0.2) is 35.2 Å². The Labute approximate surface area is 193 Å². The molecule has 0 spiro atoms. The van der Waals surface area contributed by atoms with Crippen LogP contribution >= 0.6 is 35.5 Å². The zero-order chi connectivity index (χ0) is 20.2. The van der Waals surface area contributed by atoms with Gasteiger partial charge in [-0.3, -0.25) is 4.79 Å². The first kappa shape index (κ1) is 23.2. The number of likely N-dealkylation sites (tertiary alicyclic amines) is 1. The van der Waals surface area contributed by atoms with Crippen molar-refractivity contribution < 1.29 is 14.3 Å². The molecule has 7 heteroatoms. The third-order valence-corrected chi connectivity index (χ3v) is 7.24. The van der Waals surface area contributed by atoms with E-state index in [-0.39, 0.29) is 24.8 Å². The summed E-state index contributed by atoms with van der Waals surface area (Å²) in [5.41, 5.74) is 6.19. The molecule has 4 nitrogen and oxygen atoms in total. The van der Waals surface area contributed by atoms with E-state index >= 15 is 0 Å². The van der Waals surface area contributed by atoms with E-state index in [1.807, 2.05) is 23.9 Å². The van der Waals surface area contributed by atoms with Gasteiger partial charge in [-0.05, 0) is 48.2 Å². The average Bonchev–Trinajstić information content (AvgIpc) is 3.15. The monoisotopic (exact) mass is 465 g/mol. The SMILES string of the molecule is COC(=O)Cc1ccc2c(c1)C(=C1CCN(CCSC)CC1)c1sccc1CO2.Cl. The number of thioether (sulfide) groups is 1. The van der Waals surface area contributed by atoms with Crippen molar-refractivity contribution in [3.05, 3.63) is 56.8 Å². The van der Waals surface area contributed by atoms with Gasteiger partial charge in [-0.2, -0.15) is 11.8 Å². The molecule has 1 aromatic heterocycles. The number of carbonyl (C=O) groups is 1. The van der Waals surface area contributed by atoms with E-state index in [4.69, 9.17) is 9.47 Å². The van der Waals surface area contributed by atoms with Crippen LogP contribution in [0.5, 0.6) is 5.75 Å². The zero-order valence-electron chi connectivity index (χ0n) is 17.4. The van der Waals surface area contributed by atoms with E-state index < -0.39 is 0 Å². The highest BCUT2D eigenvalue weighted by Gasteiger charge is 2.26. The van der Waals surface area contributed by atoms with Gasteiger partial charge >= 0.3 is 5.97 Å². The molecule has 0 N–H and O–H groups in total. The average molecular weight is 466 g/mol. The fourth-order valence-corrected chi connectivity index (χ4v) is 5.52. The number of thiophene rings is 1. The minimum absolute atomic E-state index is 0. The molecular formula is C23H28ClNO3S2. The first-order valence-electron chi connectivity index (χ1n) is 10.0. The fraction of sp³-hybridized carbons (Fsp3) is 0.435. The Morgan fingerprint density at radius 3 is 2.80 bits per heavy atom. The largest absolute Gasteiger partial charge is 0.488 e. The Bertz CT molecular complexity index is 915. The number of methoxy groups -OCH3 is 1. The van der Waals surface area contributed by atoms with Gasteiger partial charge < -0.3 is 14.4 Å². The topological polar surface area (TPSA) is 38.8 Å². The Morgan fingerprint density at radius 1 is 1.27 bits per heavy atom. The molecule has 2 aliphatic heterocycles. The minimum atomic E-state index is -0.215. The molecule has 0 saturated carbocycles. The zero-order valence-corrected chi connectivity index (χ0v) is 19.9. The number of esters is 1. The van der Waals surface area contributed by atoms with Crippen LogP contribution in [0.3, 0.4) is 0 Å². The first-order valence-corrected chi connectivity index (χ1v) is 12.3. The van der Waals surface area contributed by atoms with Gasteiger partial charge in [-0.1, -0.05) is 11.6 Å². The fourth-order valence-electron chi connectivity index (χ4n) is 4.06. The predicted octanol–water partition coefficient (Wildman–Crippen LogP) is 5.04. The number of nitrogens with zero attached hydrogens (tertiary/aromatic N) is 1. The lowest BCUT2D eigenvalue weighted by molar-refractivity contribution is -0.139. The molecule has 30 heavy (non-hydrogen) atoms. The summed E-state index contributed by atoms with van der Waals surface area (Å²) in [4.78, 5) is 15.7. The van der Waals surface area contributed by atoms with Crippen molar-refractivity contribution in [3.8, 4) is 5.75 Å². The quantitative estimate of drug-likeness (QED) is 0.578. The molecule has 2 aromatic rings. The minimum Gasteiger partial charge on any atom is -0.488 e. The second-order valence-electron chi connectivity index (χ2n) is 7.46. The number of ether oxygens (including phenoxy) is 2. The Balaban J connectivity index is 0.00000256. The maximum atomic E-state index is 11.8. The van der Waals surface area contributed by atoms with Crippen molar-refractivity contribution in [2.45, 2.75) is 25.9 Å². The van der Waals surface area contributed by atoms with Gasteiger partial charge in [0, 0.05) is 47.0 Å². The molecule has 4 rings (SSSR count). The number of piperidine rings is 1. The molecule has 3 heterocycles. The normalized spacial score (nSPS) is 16.1. The number of hydrogen-bond acceptors (Lipinski definition) is 6. The third-order valence-electron chi connectivity index (χ3n) is 5.67. The molecule has 0 aliphatic carbocycles. The summed E-state index contributed by atoms with van der Waals surface area (Å²) in [5, 5.41) is 2.16. The van der Waals surface area contributed by atoms with Crippen molar-refractivity contribution >= 4 is 47.0 Å². The molecule has 2 aliphatic rings. The Kier molecular flexibility index (Phi) is 8.28.